The van der Waals surface area contributed by atoms with E-state index in [4.69, 9.17) is 14.6 Å². The Labute approximate surface area is 118 Å². The smallest absolute Gasteiger partial charge is 0.335 e. The first kappa shape index (κ1) is 13.6. The Morgan fingerprint density at radius 2 is 1.95 bits per heavy atom. The fraction of sp³-hybridized carbons (Fsp3) is 0.562. The van der Waals surface area contributed by atoms with Crippen LogP contribution < -0.4 is 0 Å². The molecule has 1 aliphatic heterocycles. The standard InChI is InChI=1S/C16H20O4/c17-15(18)14-3-1-2-13(11-14)10-12-4-6-16(7-5-12)19-8-9-20-16/h1-3,11-12H,4-10H2,(H,17,18). The average Bonchev–Trinajstić information content (AvgIpc) is 2.90. The van der Waals surface area contributed by atoms with Gasteiger partial charge in [0.2, 0.25) is 0 Å². The summed E-state index contributed by atoms with van der Waals surface area (Å²) in [6.07, 6.45) is 5.01. The molecule has 20 heavy (non-hydrogen) atoms. The quantitative estimate of drug-likeness (QED) is 0.922. The van der Waals surface area contributed by atoms with Crippen LogP contribution in [-0.4, -0.2) is 30.1 Å². The predicted molar refractivity (Wildman–Crippen MR) is 73.7 cm³/mol. The van der Waals surface area contributed by atoms with Gasteiger partial charge in [0.05, 0.1) is 18.8 Å². The second-order valence-electron chi connectivity index (χ2n) is 5.76. The van der Waals surface area contributed by atoms with Crippen molar-refractivity contribution >= 4 is 5.97 Å². The summed E-state index contributed by atoms with van der Waals surface area (Å²) in [4.78, 5) is 11.0. The summed E-state index contributed by atoms with van der Waals surface area (Å²) in [7, 11) is 0. The maximum Gasteiger partial charge on any atom is 0.335 e. The second-order valence-corrected chi connectivity index (χ2v) is 5.76. The van der Waals surface area contributed by atoms with Crippen molar-refractivity contribution in [3.05, 3.63) is 35.4 Å². The summed E-state index contributed by atoms with van der Waals surface area (Å²) in [5, 5.41) is 9.02. The monoisotopic (exact) mass is 276 g/mol. The molecule has 4 nitrogen and oxygen atoms in total. The molecule has 0 radical (unpaired) electrons. The van der Waals surface area contributed by atoms with Gasteiger partial charge in [-0.05, 0) is 42.9 Å². The van der Waals surface area contributed by atoms with Gasteiger partial charge in [-0.15, -0.1) is 0 Å². The van der Waals surface area contributed by atoms with Gasteiger partial charge in [-0.1, -0.05) is 12.1 Å². The third-order valence-corrected chi connectivity index (χ3v) is 4.38. The molecule has 0 aromatic heterocycles. The first-order valence-corrected chi connectivity index (χ1v) is 7.27. The fourth-order valence-electron chi connectivity index (χ4n) is 3.27. The van der Waals surface area contributed by atoms with Gasteiger partial charge < -0.3 is 14.6 Å². The van der Waals surface area contributed by atoms with E-state index in [1.165, 1.54) is 0 Å². The Morgan fingerprint density at radius 3 is 2.60 bits per heavy atom. The molecule has 0 unspecified atom stereocenters. The lowest BCUT2D eigenvalue weighted by Crippen LogP contribution is -2.35. The summed E-state index contributed by atoms with van der Waals surface area (Å²) >= 11 is 0. The number of aromatic carboxylic acids is 1. The van der Waals surface area contributed by atoms with Crippen molar-refractivity contribution in [3.63, 3.8) is 0 Å². The normalized spacial score (nSPS) is 22.2. The second kappa shape index (κ2) is 5.54. The topological polar surface area (TPSA) is 55.8 Å². The van der Waals surface area contributed by atoms with Crippen LogP contribution in [0.2, 0.25) is 0 Å². The minimum atomic E-state index is -0.859. The number of hydrogen-bond acceptors (Lipinski definition) is 3. The number of benzene rings is 1. The third kappa shape index (κ3) is 2.86. The molecule has 2 fully saturated rings. The third-order valence-electron chi connectivity index (χ3n) is 4.38. The molecule has 0 bridgehead atoms. The molecule has 1 aromatic carbocycles. The van der Waals surface area contributed by atoms with Gasteiger partial charge in [0.15, 0.2) is 5.79 Å². The summed E-state index contributed by atoms with van der Waals surface area (Å²) in [6, 6.07) is 7.27. The molecule has 4 heteroatoms. The molecule has 108 valence electrons. The van der Waals surface area contributed by atoms with Crippen LogP contribution in [0.15, 0.2) is 24.3 Å². The number of rotatable bonds is 3. The lowest BCUT2D eigenvalue weighted by Gasteiger charge is -2.35. The van der Waals surface area contributed by atoms with Crippen LogP contribution in [-0.2, 0) is 15.9 Å². The van der Waals surface area contributed by atoms with E-state index in [0.29, 0.717) is 24.7 Å². The highest BCUT2D eigenvalue weighted by Gasteiger charge is 2.40. The minimum Gasteiger partial charge on any atom is -0.478 e. The summed E-state index contributed by atoms with van der Waals surface area (Å²) in [5.41, 5.74) is 1.48. The fourth-order valence-corrected chi connectivity index (χ4v) is 3.27. The Kier molecular flexibility index (Phi) is 3.76. The van der Waals surface area contributed by atoms with E-state index in [1.807, 2.05) is 12.1 Å². The molecule has 1 saturated heterocycles. The molecule has 1 aromatic rings. The number of carboxylic acids is 1. The summed E-state index contributed by atoms with van der Waals surface area (Å²) < 4.78 is 11.5. The van der Waals surface area contributed by atoms with E-state index in [-0.39, 0.29) is 5.79 Å². The van der Waals surface area contributed by atoms with Gasteiger partial charge in [-0.25, -0.2) is 4.79 Å². The van der Waals surface area contributed by atoms with Crippen molar-refractivity contribution in [3.8, 4) is 0 Å². The van der Waals surface area contributed by atoms with Gasteiger partial charge in [-0.2, -0.15) is 0 Å². The van der Waals surface area contributed by atoms with Crippen molar-refractivity contribution in [2.75, 3.05) is 13.2 Å². The van der Waals surface area contributed by atoms with Crippen LogP contribution in [0.1, 0.15) is 41.6 Å². The van der Waals surface area contributed by atoms with E-state index in [0.717, 1.165) is 37.7 Å². The molecular weight excluding hydrogens is 256 g/mol. The van der Waals surface area contributed by atoms with Gasteiger partial charge >= 0.3 is 5.97 Å². The van der Waals surface area contributed by atoms with E-state index in [1.54, 1.807) is 12.1 Å². The highest BCUT2D eigenvalue weighted by molar-refractivity contribution is 5.87. The first-order chi connectivity index (χ1) is 9.67. The molecule has 1 saturated carbocycles. The number of carbonyl (C=O) groups is 1. The van der Waals surface area contributed by atoms with Crippen LogP contribution in [0.3, 0.4) is 0 Å². The number of ether oxygens (including phenoxy) is 2. The van der Waals surface area contributed by atoms with E-state index < -0.39 is 5.97 Å². The van der Waals surface area contributed by atoms with Gasteiger partial charge in [-0.3, -0.25) is 0 Å². The Bertz CT molecular complexity index is 481. The zero-order chi connectivity index (χ0) is 14.0. The predicted octanol–water partition coefficient (Wildman–Crippen LogP) is 2.86. The highest BCUT2D eigenvalue weighted by atomic mass is 16.7. The van der Waals surface area contributed by atoms with Crippen LogP contribution in [0.25, 0.3) is 0 Å². The molecule has 1 aliphatic carbocycles. The lowest BCUT2D eigenvalue weighted by atomic mass is 9.81. The largest absolute Gasteiger partial charge is 0.478 e. The van der Waals surface area contributed by atoms with Crippen molar-refractivity contribution < 1.29 is 19.4 Å². The zero-order valence-corrected chi connectivity index (χ0v) is 11.5. The Morgan fingerprint density at radius 1 is 1.25 bits per heavy atom. The molecule has 0 atom stereocenters. The van der Waals surface area contributed by atoms with Crippen molar-refractivity contribution in [1.82, 2.24) is 0 Å². The number of carboxylic acid groups (broad SMARTS) is 1. The maximum absolute atomic E-state index is 11.0. The summed E-state index contributed by atoms with van der Waals surface area (Å²) in [6.45, 7) is 1.43. The minimum absolute atomic E-state index is 0.306. The van der Waals surface area contributed by atoms with Gasteiger partial charge in [0, 0.05) is 12.8 Å². The van der Waals surface area contributed by atoms with Crippen molar-refractivity contribution in [2.24, 2.45) is 5.92 Å². The van der Waals surface area contributed by atoms with E-state index in [2.05, 4.69) is 0 Å². The maximum atomic E-state index is 11.0. The van der Waals surface area contributed by atoms with Crippen LogP contribution in [0.5, 0.6) is 0 Å². The van der Waals surface area contributed by atoms with E-state index >= 15 is 0 Å². The van der Waals surface area contributed by atoms with Crippen LogP contribution in [0.4, 0.5) is 0 Å². The van der Waals surface area contributed by atoms with Crippen LogP contribution >= 0.6 is 0 Å². The molecule has 1 heterocycles. The first-order valence-electron chi connectivity index (χ1n) is 7.27. The molecular formula is C16H20O4. The zero-order valence-electron chi connectivity index (χ0n) is 11.5. The Hall–Kier alpha value is -1.39. The molecule has 0 amide bonds. The average molecular weight is 276 g/mol. The van der Waals surface area contributed by atoms with Gasteiger partial charge in [0.1, 0.15) is 0 Å². The highest BCUT2D eigenvalue weighted by Crippen LogP contribution is 2.39. The number of hydrogen-bond donors (Lipinski definition) is 1. The van der Waals surface area contributed by atoms with Crippen LogP contribution in [0, 0.1) is 5.92 Å². The van der Waals surface area contributed by atoms with E-state index in [9.17, 15) is 4.79 Å². The molecule has 2 aliphatic rings. The van der Waals surface area contributed by atoms with Crippen molar-refractivity contribution in [2.45, 2.75) is 37.9 Å². The van der Waals surface area contributed by atoms with Gasteiger partial charge in [0.25, 0.3) is 0 Å². The lowest BCUT2D eigenvalue weighted by molar-refractivity contribution is -0.182. The summed E-state index contributed by atoms with van der Waals surface area (Å²) in [5.74, 6) is -0.570. The molecule has 1 N–H and O–H groups in total. The SMILES string of the molecule is O=C(O)c1cccc(CC2CCC3(CC2)OCCO3)c1. The molecule has 1 spiro atoms. The molecule has 3 rings (SSSR count). The van der Waals surface area contributed by atoms with Crippen molar-refractivity contribution in [1.29, 1.82) is 0 Å². The Balaban J connectivity index is 1.59.